The van der Waals surface area contributed by atoms with Crippen molar-refractivity contribution in [3.05, 3.63) is 33.5 Å². The molecule has 0 spiro atoms. The molecule has 1 atom stereocenters. The van der Waals surface area contributed by atoms with Crippen LogP contribution in [-0.4, -0.2) is 36.7 Å². The minimum atomic E-state index is -1.06. The van der Waals surface area contributed by atoms with Gasteiger partial charge in [0.2, 0.25) is 0 Å². The molecular formula is C25H31BrO6. The van der Waals surface area contributed by atoms with E-state index in [1.165, 1.54) is 14.2 Å². The van der Waals surface area contributed by atoms with Crippen LogP contribution in [0, 0.1) is 16.7 Å². The first kappa shape index (κ1) is 24.5. The third-order valence-corrected chi connectivity index (χ3v) is 7.00. The summed E-state index contributed by atoms with van der Waals surface area (Å²) in [5, 5.41) is 11.0. The highest BCUT2D eigenvalue weighted by atomic mass is 79.9. The Morgan fingerprint density at radius 2 is 1.44 bits per heavy atom. The van der Waals surface area contributed by atoms with E-state index in [4.69, 9.17) is 9.47 Å². The number of benzene rings is 1. The van der Waals surface area contributed by atoms with E-state index < -0.39 is 22.7 Å². The summed E-state index contributed by atoms with van der Waals surface area (Å²) in [6, 6.07) is 3.37. The number of aliphatic hydroxyl groups is 1. The van der Waals surface area contributed by atoms with Crippen molar-refractivity contribution in [2.24, 2.45) is 16.7 Å². The third kappa shape index (κ3) is 4.63. The van der Waals surface area contributed by atoms with Crippen LogP contribution in [0.2, 0.25) is 0 Å². The Balaban J connectivity index is 2.27. The van der Waals surface area contributed by atoms with Crippen molar-refractivity contribution in [1.82, 2.24) is 0 Å². The quantitative estimate of drug-likeness (QED) is 0.543. The minimum Gasteiger partial charge on any atom is -0.512 e. The number of aliphatic hydroxyl groups excluding tert-OH is 1. The summed E-state index contributed by atoms with van der Waals surface area (Å²) in [6.07, 6.45) is 0.981. The molecule has 0 aliphatic heterocycles. The van der Waals surface area contributed by atoms with Crippen molar-refractivity contribution in [3.63, 3.8) is 0 Å². The number of methoxy groups -OCH3 is 2. The largest absolute Gasteiger partial charge is 0.512 e. The molecule has 1 fully saturated rings. The molecule has 3 rings (SSSR count). The van der Waals surface area contributed by atoms with Gasteiger partial charge in [0.1, 0.15) is 28.8 Å². The number of carbonyl (C=O) groups is 3. The number of allylic oxidation sites excluding steroid dienone is 2. The lowest BCUT2D eigenvalue weighted by Gasteiger charge is -2.39. The first-order chi connectivity index (χ1) is 14.8. The highest BCUT2D eigenvalue weighted by molar-refractivity contribution is 9.10. The number of hydrogen-bond donors (Lipinski definition) is 1. The molecule has 1 N–H and O–H groups in total. The van der Waals surface area contributed by atoms with Gasteiger partial charge in [0.25, 0.3) is 0 Å². The summed E-state index contributed by atoms with van der Waals surface area (Å²) in [5.74, 6) is -1.82. The molecule has 1 aromatic rings. The standard InChI is InChI=1S/C25H31BrO6/c1-24(2)9-15(27)22(16(28)10-24)21(23-17(29)11-25(3,4)12-18(23)30)13-7-14(26)20(32-6)8-19(13)31-5/h7-8,21-22,29H,9-12H2,1-6H3/t21-/m0/s1. The zero-order chi connectivity index (χ0) is 24.0. The highest BCUT2D eigenvalue weighted by Gasteiger charge is 2.49. The van der Waals surface area contributed by atoms with E-state index in [9.17, 15) is 19.5 Å². The maximum absolute atomic E-state index is 13.3. The zero-order valence-electron chi connectivity index (χ0n) is 19.5. The Kier molecular flexibility index (Phi) is 6.62. The smallest absolute Gasteiger partial charge is 0.163 e. The minimum absolute atomic E-state index is 0.0596. The number of ether oxygens (including phenoxy) is 2. The summed E-state index contributed by atoms with van der Waals surface area (Å²) in [6.45, 7) is 7.61. The second-order valence-corrected chi connectivity index (χ2v) is 11.3. The molecule has 1 saturated carbocycles. The van der Waals surface area contributed by atoms with Gasteiger partial charge in [-0.25, -0.2) is 0 Å². The van der Waals surface area contributed by atoms with Crippen LogP contribution >= 0.6 is 15.9 Å². The number of hydrogen-bond acceptors (Lipinski definition) is 6. The summed E-state index contributed by atoms with van der Waals surface area (Å²) < 4.78 is 11.6. The van der Waals surface area contributed by atoms with Gasteiger partial charge in [-0.3, -0.25) is 14.4 Å². The second kappa shape index (κ2) is 8.65. The summed E-state index contributed by atoms with van der Waals surface area (Å²) in [4.78, 5) is 39.9. The number of ketones is 3. The van der Waals surface area contributed by atoms with Crippen molar-refractivity contribution in [2.75, 3.05) is 14.2 Å². The molecule has 32 heavy (non-hydrogen) atoms. The molecule has 2 aliphatic rings. The number of carbonyl (C=O) groups excluding carboxylic acids is 3. The van der Waals surface area contributed by atoms with Gasteiger partial charge >= 0.3 is 0 Å². The fourth-order valence-corrected chi connectivity index (χ4v) is 5.58. The van der Waals surface area contributed by atoms with E-state index in [1.54, 1.807) is 12.1 Å². The van der Waals surface area contributed by atoms with Gasteiger partial charge in [-0.2, -0.15) is 0 Å². The zero-order valence-corrected chi connectivity index (χ0v) is 21.1. The molecule has 0 amide bonds. The molecule has 0 saturated heterocycles. The van der Waals surface area contributed by atoms with E-state index in [0.717, 1.165) is 0 Å². The highest BCUT2D eigenvalue weighted by Crippen LogP contribution is 2.50. The monoisotopic (exact) mass is 506 g/mol. The first-order valence-electron chi connectivity index (χ1n) is 10.7. The Hall–Kier alpha value is -2.15. The van der Waals surface area contributed by atoms with Gasteiger partial charge in [-0.05, 0) is 32.8 Å². The lowest BCUT2D eigenvalue weighted by atomic mass is 9.62. The van der Waals surface area contributed by atoms with E-state index in [2.05, 4.69) is 15.9 Å². The van der Waals surface area contributed by atoms with Crippen LogP contribution < -0.4 is 9.47 Å². The molecular weight excluding hydrogens is 476 g/mol. The molecule has 1 aromatic carbocycles. The van der Waals surface area contributed by atoms with E-state index in [0.29, 0.717) is 28.0 Å². The van der Waals surface area contributed by atoms with Crippen molar-refractivity contribution in [1.29, 1.82) is 0 Å². The Morgan fingerprint density at radius 1 is 0.906 bits per heavy atom. The molecule has 7 heteroatoms. The van der Waals surface area contributed by atoms with Crippen LogP contribution in [0.4, 0.5) is 0 Å². The second-order valence-electron chi connectivity index (χ2n) is 10.4. The molecule has 174 valence electrons. The van der Waals surface area contributed by atoms with E-state index >= 15 is 0 Å². The lowest BCUT2D eigenvalue weighted by Crippen LogP contribution is -2.43. The molecule has 6 nitrogen and oxygen atoms in total. The molecule has 0 heterocycles. The normalized spacial score (nSPS) is 22.2. The number of Topliss-reactive ketones (excluding diaryl/α,β-unsaturated/α-hetero) is 3. The SMILES string of the molecule is COc1cc(OC)c([C@H](C2=C(O)CC(C)(C)CC2=O)C2C(=O)CC(C)(C)CC2=O)cc1Br. The van der Waals surface area contributed by atoms with Crippen LogP contribution in [0.3, 0.4) is 0 Å². The van der Waals surface area contributed by atoms with Crippen LogP contribution in [0.15, 0.2) is 27.9 Å². The van der Waals surface area contributed by atoms with E-state index in [1.807, 2.05) is 27.7 Å². The third-order valence-electron chi connectivity index (χ3n) is 6.38. The topological polar surface area (TPSA) is 89.9 Å². The lowest BCUT2D eigenvalue weighted by molar-refractivity contribution is -0.140. The predicted molar refractivity (Wildman–Crippen MR) is 124 cm³/mol. The average molecular weight is 507 g/mol. The van der Waals surface area contributed by atoms with Gasteiger partial charge in [0.15, 0.2) is 5.78 Å². The molecule has 2 aliphatic carbocycles. The van der Waals surface area contributed by atoms with Crippen LogP contribution in [0.25, 0.3) is 0 Å². The van der Waals surface area contributed by atoms with Crippen molar-refractivity contribution in [3.8, 4) is 11.5 Å². The fraction of sp³-hybridized carbons (Fsp3) is 0.560. The summed E-state index contributed by atoms with van der Waals surface area (Å²) >= 11 is 3.47. The first-order valence-corrected chi connectivity index (χ1v) is 11.5. The van der Waals surface area contributed by atoms with E-state index in [-0.39, 0.29) is 47.9 Å². The van der Waals surface area contributed by atoms with Crippen LogP contribution in [-0.2, 0) is 14.4 Å². The van der Waals surface area contributed by atoms with Gasteiger partial charge in [0, 0.05) is 48.8 Å². The molecule has 0 bridgehead atoms. The summed E-state index contributed by atoms with van der Waals surface area (Å²) in [7, 11) is 3.00. The van der Waals surface area contributed by atoms with Gasteiger partial charge in [-0.1, -0.05) is 27.7 Å². The number of halogens is 1. The maximum Gasteiger partial charge on any atom is 0.163 e. The Labute approximate surface area is 197 Å². The summed E-state index contributed by atoms with van der Waals surface area (Å²) in [5.41, 5.74) is -0.191. The molecule has 0 radical (unpaired) electrons. The van der Waals surface area contributed by atoms with Gasteiger partial charge in [-0.15, -0.1) is 0 Å². The van der Waals surface area contributed by atoms with Crippen molar-refractivity contribution < 1.29 is 29.0 Å². The van der Waals surface area contributed by atoms with Crippen LogP contribution in [0.5, 0.6) is 11.5 Å². The Bertz CT molecular complexity index is 984. The molecule has 0 unspecified atom stereocenters. The maximum atomic E-state index is 13.3. The predicted octanol–water partition coefficient (Wildman–Crippen LogP) is 5.33. The average Bonchev–Trinajstić information content (AvgIpc) is 2.63. The number of rotatable bonds is 5. The Morgan fingerprint density at radius 3 is 1.94 bits per heavy atom. The fourth-order valence-electron chi connectivity index (χ4n) is 5.06. The van der Waals surface area contributed by atoms with Crippen LogP contribution in [0.1, 0.15) is 64.9 Å². The molecule has 0 aromatic heterocycles. The van der Waals surface area contributed by atoms with Gasteiger partial charge < -0.3 is 14.6 Å². The van der Waals surface area contributed by atoms with Gasteiger partial charge in [0.05, 0.1) is 24.6 Å². The van der Waals surface area contributed by atoms with Crippen molar-refractivity contribution in [2.45, 2.75) is 59.3 Å². The van der Waals surface area contributed by atoms with Crippen molar-refractivity contribution >= 4 is 33.3 Å².